The summed E-state index contributed by atoms with van der Waals surface area (Å²) in [5.41, 5.74) is -3.47. The number of benzene rings is 2. The lowest BCUT2D eigenvalue weighted by Crippen LogP contribution is -2.69. The summed E-state index contributed by atoms with van der Waals surface area (Å²) in [5, 5.41) is 3.18. The molecule has 1 saturated heterocycles. The minimum atomic E-state index is -5.35. The molecule has 2 aromatic rings. The molecule has 10 heteroatoms. The van der Waals surface area contributed by atoms with E-state index in [1.54, 1.807) is 22.8 Å². The van der Waals surface area contributed by atoms with E-state index in [4.69, 9.17) is 0 Å². The Morgan fingerprint density at radius 2 is 1.52 bits per heavy atom. The van der Waals surface area contributed by atoms with Gasteiger partial charge in [0.25, 0.3) is 17.5 Å². The normalized spacial score (nSPS) is 19.4. The highest BCUT2D eigenvalue weighted by atomic mass is 19.4. The van der Waals surface area contributed by atoms with E-state index in [0.29, 0.717) is 0 Å². The van der Waals surface area contributed by atoms with E-state index in [9.17, 15) is 31.9 Å². The maximum Gasteiger partial charge on any atom is 0.440 e. The fraction of sp³-hybridized carbons (Fsp3) is 0.286. The number of nitrogens with zero attached hydrogens (tertiary/aromatic N) is 1. The smallest absolute Gasteiger partial charge is 0.314 e. The molecule has 0 bridgehead atoms. The second-order valence-electron chi connectivity index (χ2n) is 8.08. The van der Waals surface area contributed by atoms with Gasteiger partial charge in [-0.1, -0.05) is 32.9 Å². The maximum atomic E-state index is 14.0. The Morgan fingerprint density at radius 3 is 2.00 bits per heavy atom. The zero-order valence-electron chi connectivity index (χ0n) is 16.8. The SMILES string of the molecule is CC(C)(C)c1ccc(C(=O)NC2(C(F)(F)F)NC(=O)N(c3ccc(F)cc3)C2=O)cc1. The number of imide groups is 1. The number of rotatable bonds is 3. The van der Waals surface area contributed by atoms with Crippen LogP contribution < -0.4 is 15.5 Å². The molecule has 0 aromatic heterocycles. The highest BCUT2D eigenvalue weighted by Crippen LogP contribution is 2.36. The highest BCUT2D eigenvalue weighted by molar-refractivity contribution is 6.24. The molecule has 2 aromatic carbocycles. The molecule has 1 unspecified atom stereocenters. The van der Waals surface area contributed by atoms with Crippen molar-refractivity contribution in [3.05, 3.63) is 65.5 Å². The van der Waals surface area contributed by atoms with E-state index in [0.717, 1.165) is 29.8 Å². The lowest BCUT2D eigenvalue weighted by molar-refractivity contribution is -0.197. The second kappa shape index (κ2) is 7.36. The van der Waals surface area contributed by atoms with Gasteiger partial charge >= 0.3 is 12.2 Å². The predicted octanol–water partition coefficient (Wildman–Crippen LogP) is 3.87. The number of nitrogens with one attached hydrogen (secondary N) is 2. The number of carbonyl (C=O) groups excluding carboxylic acids is 3. The summed E-state index contributed by atoms with van der Waals surface area (Å²) in [5.74, 6) is -3.66. The molecule has 0 radical (unpaired) electrons. The lowest BCUT2D eigenvalue weighted by atomic mass is 9.86. The van der Waals surface area contributed by atoms with E-state index >= 15 is 0 Å². The summed E-state index contributed by atoms with van der Waals surface area (Å²) < 4.78 is 55.0. The van der Waals surface area contributed by atoms with Crippen LogP contribution in [0.15, 0.2) is 48.5 Å². The van der Waals surface area contributed by atoms with Crippen molar-refractivity contribution < 1.29 is 31.9 Å². The average Bonchev–Trinajstić information content (AvgIpc) is 2.92. The first kappa shape index (κ1) is 22.3. The molecule has 1 aliphatic heterocycles. The van der Waals surface area contributed by atoms with Gasteiger partial charge < -0.3 is 5.32 Å². The third-order valence-electron chi connectivity index (χ3n) is 4.85. The monoisotopic (exact) mass is 437 g/mol. The van der Waals surface area contributed by atoms with Gasteiger partial charge in [0.05, 0.1) is 5.69 Å². The number of hydrogen-bond acceptors (Lipinski definition) is 3. The number of amides is 4. The standard InChI is InChI=1S/C21H19F4N3O3/c1-19(2,3)13-6-4-12(5-7-13)16(29)26-20(21(23,24)25)17(30)28(18(31)27-20)15-10-8-14(22)9-11-15/h4-11H,1-3H3,(H,26,29)(H,27,31). The number of hydrogen-bond donors (Lipinski definition) is 2. The van der Waals surface area contributed by atoms with Crippen molar-refractivity contribution in [1.82, 2.24) is 10.6 Å². The number of alkyl halides is 3. The topological polar surface area (TPSA) is 78.5 Å². The third-order valence-corrected chi connectivity index (χ3v) is 4.85. The summed E-state index contributed by atoms with van der Waals surface area (Å²) in [6.07, 6.45) is -5.35. The maximum absolute atomic E-state index is 14.0. The number of anilines is 1. The van der Waals surface area contributed by atoms with E-state index in [1.165, 1.54) is 12.1 Å². The molecular weight excluding hydrogens is 418 g/mol. The van der Waals surface area contributed by atoms with Crippen molar-refractivity contribution >= 4 is 23.5 Å². The molecule has 0 spiro atoms. The van der Waals surface area contributed by atoms with Gasteiger partial charge in [-0.3, -0.25) is 14.9 Å². The van der Waals surface area contributed by atoms with Crippen LogP contribution in [0, 0.1) is 5.82 Å². The van der Waals surface area contributed by atoms with Crippen molar-refractivity contribution in [3.8, 4) is 0 Å². The van der Waals surface area contributed by atoms with Crippen molar-refractivity contribution in [3.63, 3.8) is 0 Å². The van der Waals surface area contributed by atoms with Gasteiger partial charge in [-0.15, -0.1) is 0 Å². The second-order valence-corrected chi connectivity index (χ2v) is 8.08. The first-order valence-corrected chi connectivity index (χ1v) is 9.18. The molecule has 1 aliphatic rings. The van der Waals surface area contributed by atoms with Crippen LogP contribution in [0.25, 0.3) is 0 Å². The minimum absolute atomic E-state index is 0.126. The average molecular weight is 437 g/mol. The largest absolute Gasteiger partial charge is 0.440 e. The molecule has 1 heterocycles. The van der Waals surface area contributed by atoms with Crippen molar-refractivity contribution in [2.24, 2.45) is 0 Å². The first-order valence-electron chi connectivity index (χ1n) is 9.18. The van der Waals surface area contributed by atoms with Gasteiger partial charge in [0.2, 0.25) is 0 Å². The fourth-order valence-corrected chi connectivity index (χ4v) is 3.07. The minimum Gasteiger partial charge on any atom is -0.314 e. The highest BCUT2D eigenvalue weighted by Gasteiger charge is 2.69. The van der Waals surface area contributed by atoms with Crippen LogP contribution in [0.3, 0.4) is 0 Å². The quantitative estimate of drug-likeness (QED) is 0.565. The molecule has 31 heavy (non-hydrogen) atoms. The zero-order valence-corrected chi connectivity index (χ0v) is 16.8. The van der Waals surface area contributed by atoms with Gasteiger partial charge in [0, 0.05) is 5.56 Å². The van der Waals surface area contributed by atoms with Crippen LogP contribution in [0.4, 0.5) is 28.0 Å². The van der Waals surface area contributed by atoms with E-state index in [1.807, 2.05) is 20.8 Å². The molecular formula is C21H19F4N3O3. The fourth-order valence-electron chi connectivity index (χ4n) is 3.07. The van der Waals surface area contributed by atoms with Gasteiger partial charge in [-0.2, -0.15) is 13.2 Å². The molecule has 1 fully saturated rings. The molecule has 0 saturated carbocycles. The summed E-state index contributed by atoms with van der Waals surface area (Å²) in [6.45, 7) is 5.78. The summed E-state index contributed by atoms with van der Waals surface area (Å²) >= 11 is 0. The van der Waals surface area contributed by atoms with Gasteiger partial charge in [0.15, 0.2) is 0 Å². The zero-order chi connectivity index (χ0) is 23.2. The van der Waals surface area contributed by atoms with Crippen LogP contribution in [-0.2, 0) is 10.2 Å². The number of urea groups is 1. The van der Waals surface area contributed by atoms with Crippen molar-refractivity contribution in [2.45, 2.75) is 38.0 Å². The van der Waals surface area contributed by atoms with Crippen LogP contribution in [0.5, 0.6) is 0 Å². The first-order chi connectivity index (χ1) is 14.3. The van der Waals surface area contributed by atoms with Gasteiger partial charge in [-0.25, -0.2) is 14.1 Å². The molecule has 0 aliphatic carbocycles. The van der Waals surface area contributed by atoms with E-state index in [2.05, 4.69) is 0 Å². The molecule has 2 N–H and O–H groups in total. The van der Waals surface area contributed by atoms with E-state index in [-0.39, 0.29) is 21.6 Å². The van der Waals surface area contributed by atoms with E-state index < -0.39 is 35.5 Å². The Hall–Kier alpha value is -3.43. The Morgan fingerprint density at radius 1 is 0.968 bits per heavy atom. The molecule has 1 atom stereocenters. The molecule has 3 rings (SSSR count). The van der Waals surface area contributed by atoms with Crippen LogP contribution in [0.1, 0.15) is 36.7 Å². The predicted molar refractivity (Wildman–Crippen MR) is 104 cm³/mol. The summed E-state index contributed by atoms with van der Waals surface area (Å²) in [4.78, 5) is 37.8. The Balaban J connectivity index is 1.95. The third kappa shape index (κ3) is 3.97. The molecule has 4 amide bonds. The van der Waals surface area contributed by atoms with Crippen molar-refractivity contribution in [1.29, 1.82) is 0 Å². The molecule has 164 valence electrons. The van der Waals surface area contributed by atoms with Crippen LogP contribution >= 0.6 is 0 Å². The van der Waals surface area contributed by atoms with Crippen LogP contribution in [0.2, 0.25) is 0 Å². The Kier molecular flexibility index (Phi) is 5.29. The lowest BCUT2D eigenvalue weighted by Gasteiger charge is -2.30. The summed E-state index contributed by atoms with van der Waals surface area (Å²) in [7, 11) is 0. The van der Waals surface area contributed by atoms with Crippen molar-refractivity contribution in [2.75, 3.05) is 4.90 Å². The Bertz CT molecular complexity index is 1030. The van der Waals surface area contributed by atoms with Gasteiger partial charge in [0.1, 0.15) is 5.82 Å². The summed E-state index contributed by atoms with van der Waals surface area (Å²) in [6, 6.07) is 8.18. The molecule has 6 nitrogen and oxygen atoms in total. The Labute approximate surface area is 175 Å². The number of halogens is 4. The van der Waals surface area contributed by atoms with Gasteiger partial charge in [-0.05, 0) is 47.4 Å². The van der Waals surface area contributed by atoms with Crippen LogP contribution in [-0.4, -0.2) is 29.7 Å². The number of carbonyl (C=O) groups is 3.